The third kappa shape index (κ3) is 5.01. The molecule has 2 aromatic carbocycles. The van der Waals surface area contributed by atoms with Crippen molar-refractivity contribution in [1.29, 1.82) is 0 Å². The molecule has 1 amide bonds. The number of anilines is 1. The monoisotopic (exact) mass is 352 g/mol. The van der Waals surface area contributed by atoms with Gasteiger partial charge in [-0.25, -0.2) is 0 Å². The van der Waals surface area contributed by atoms with Gasteiger partial charge in [0.05, 0.1) is 7.11 Å². The minimum Gasteiger partial charge on any atom is -0.497 e. The van der Waals surface area contributed by atoms with Crippen LogP contribution in [0.25, 0.3) is 0 Å². The molecule has 4 heteroatoms. The van der Waals surface area contributed by atoms with Gasteiger partial charge in [0.25, 0.3) is 5.91 Å². The Morgan fingerprint density at radius 1 is 1.00 bits per heavy atom. The van der Waals surface area contributed by atoms with Crippen molar-refractivity contribution in [2.45, 2.75) is 32.1 Å². The summed E-state index contributed by atoms with van der Waals surface area (Å²) in [4.78, 5) is 14.6. The molecule has 1 fully saturated rings. The summed E-state index contributed by atoms with van der Waals surface area (Å²) in [6, 6.07) is 16.1. The highest BCUT2D eigenvalue weighted by Gasteiger charge is 2.10. The quantitative estimate of drug-likeness (QED) is 0.765. The van der Waals surface area contributed by atoms with Crippen LogP contribution in [0.5, 0.6) is 5.75 Å². The molecule has 0 aliphatic carbocycles. The van der Waals surface area contributed by atoms with E-state index in [4.69, 9.17) is 4.74 Å². The van der Waals surface area contributed by atoms with E-state index in [-0.39, 0.29) is 5.91 Å². The minimum absolute atomic E-state index is 0.0342. The Morgan fingerprint density at radius 3 is 2.35 bits per heavy atom. The van der Waals surface area contributed by atoms with Crippen LogP contribution in [-0.4, -0.2) is 32.7 Å². The number of nitrogens with zero attached hydrogens (tertiary/aromatic N) is 1. The summed E-state index contributed by atoms with van der Waals surface area (Å²) in [5, 5.41) is 2.98. The van der Waals surface area contributed by atoms with Crippen molar-refractivity contribution in [2.24, 2.45) is 0 Å². The standard InChI is InChI=1S/C22H28N2O2/c1-26-21-13-9-19(10-14-21)22(25)23-15-5-6-18-7-11-20(12-8-18)24-16-3-2-4-17-24/h7-14H,2-6,15-17H2,1H3,(H,23,25). The minimum atomic E-state index is -0.0342. The summed E-state index contributed by atoms with van der Waals surface area (Å²) < 4.78 is 5.11. The Morgan fingerprint density at radius 2 is 1.69 bits per heavy atom. The van der Waals surface area contributed by atoms with Gasteiger partial charge in [0.2, 0.25) is 0 Å². The maximum absolute atomic E-state index is 12.1. The van der Waals surface area contributed by atoms with E-state index < -0.39 is 0 Å². The SMILES string of the molecule is COc1ccc(C(=O)NCCCc2ccc(N3CCCCC3)cc2)cc1. The summed E-state index contributed by atoms with van der Waals surface area (Å²) in [6.07, 6.45) is 5.87. The summed E-state index contributed by atoms with van der Waals surface area (Å²) in [7, 11) is 1.62. The number of piperidine rings is 1. The van der Waals surface area contributed by atoms with Gasteiger partial charge in [-0.1, -0.05) is 12.1 Å². The van der Waals surface area contributed by atoms with Gasteiger partial charge in [-0.15, -0.1) is 0 Å². The van der Waals surface area contributed by atoms with Gasteiger partial charge < -0.3 is 15.0 Å². The Bertz CT molecular complexity index is 689. The number of amides is 1. The van der Waals surface area contributed by atoms with Crippen LogP contribution in [0.4, 0.5) is 5.69 Å². The Balaban J connectivity index is 1.40. The van der Waals surface area contributed by atoms with Crippen LogP contribution in [0, 0.1) is 0 Å². The second-order valence-corrected chi connectivity index (χ2v) is 6.80. The number of carbonyl (C=O) groups is 1. The van der Waals surface area contributed by atoms with Crippen molar-refractivity contribution in [1.82, 2.24) is 5.32 Å². The van der Waals surface area contributed by atoms with Crippen LogP contribution < -0.4 is 15.0 Å². The second-order valence-electron chi connectivity index (χ2n) is 6.80. The largest absolute Gasteiger partial charge is 0.497 e. The molecular weight excluding hydrogens is 324 g/mol. The van der Waals surface area contributed by atoms with Gasteiger partial charge in [0.1, 0.15) is 5.75 Å². The third-order valence-electron chi connectivity index (χ3n) is 4.94. The second kappa shape index (κ2) is 9.27. The van der Waals surface area contributed by atoms with Gasteiger partial charge in [-0.3, -0.25) is 4.79 Å². The van der Waals surface area contributed by atoms with Crippen LogP contribution >= 0.6 is 0 Å². The van der Waals surface area contributed by atoms with E-state index in [2.05, 4.69) is 34.5 Å². The van der Waals surface area contributed by atoms with E-state index in [1.165, 1.54) is 43.6 Å². The predicted molar refractivity (Wildman–Crippen MR) is 106 cm³/mol. The van der Waals surface area contributed by atoms with E-state index in [1.807, 2.05) is 0 Å². The average Bonchev–Trinajstić information content (AvgIpc) is 2.72. The normalized spacial score (nSPS) is 14.1. The maximum atomic E-state index is 12.1. The molecule has 1 aliphatic rings. The first-order valence-corrected chi connectivity index (χ1v) is 9.52. The van der Waals surface area contributed by atoms with Crippen LogP contribution in [0.2, 0.25) is 0 Å². The molecule has 0 atom stereocenters. The van der Waals surface area contributed by atoms with E-state index in [0.717, 1.165) is 18.6 Å². The number of nitrogens with one attached hydrogen (secondary N) is 1. The van der Waals surface area contributed by atoms with Crippen molar-refractivity contribution in [3.63, 3.8) is 0 Å². The zero-order chi connectivity index (χ0) is 18.2. The maximum Gasteiger partial charge on any atom is 0.251 e. The molecule has 1 saturated heterocycles. The lowest BCUT2D eigenvalue weighted by Crippen LogP contribution is -2.29. The summed E-state index contributed by atoms with van der Waals surface area (Å²) in [5.74, 6) is 0.725. The summed E-state index contributed by atoms with van der Waals surface area (Å²) >= 11 is 0. The highest BCUT2D eigenvalue weighted by molar-refractivity contribution is 5.94. The number of hydrogen-bond donors (Lipinski definition) is 1. The molecule has 26 heavy (non-hydrogen) atoms. The lowest BCUT2D eigenvalue weighted by atomic mass is 10.1. The van der Waals surface area contributed by atoms with Gasteiger partial charge in [-0.2, -0.15) is 0 Å². The van der Waals surface area contributed by atoms with Crippen molar-refractivity contribution in [3.8, 4) is 5.75 Å². The molecule has 0 saturated carbocycles. The molecular formula is C22H28N2O2. The fraction of sp³-hybridized carbons (Fsp3) is 0.409. The summed E-state index contributed by atoms with van der Waals surface area (Å²) in [6.45, 7) is 3.03. The van der Waals surface area contributed by atoms with E-state index in [0.29, 0.717) is 12.1 Å². The first-order chi connectivity index (χ1) is 12.8. The number of rotatable bonds is 7. The van der Waals surface area contributed by atoms with Crippen molar-refractivity contribution in [3.05, 3.63) is 59.7 Å². The number of ether oxygens (including phenoxy) is 1. The number of hydrogen-bond acceptors (Lipinski definition) is 3. The molecule has 0 spiro atoms. The molecule has 0 aromatic heterocycles. The van der Waals surface area contributed by atoms with Crippen LogP contribution in [0.3, 0.4) is 0 Å². The smallest absolute Gasteiger partial charge is 0.251 e. The lowest BCUT2D eigenvalue weighted by molar-refractivity contribution is 0.0953. The van der Waals surface area contributed by atoms with Gasteiger partial charge in [-0.05, 0) is 74.1 Å². The molecule has 0 bridgehead atoms. The first kappa shape index (κ1) is 18.3. The highest BCUT2D eigenvalue weighted by Crippen LogP contribution is 2.20. The van der Waals surface area contributed by atoms with Crippen molar-refractivity contribution < 1.29 is 9.53 Å². The molecule has 0 unspecified atom stereocenters. The number of carbonyl (C=O) groups excluding carboxylic acids is 1. The third-order valence-corrected chi connectivity index (χ3v) is 4.94. The molecule has 2 aromatic rings. The van der Waals surface area contributed by atoms with E-state index >= 15 is 0 Å². The summed E-state index contributed by atoms with van der Waals surface area (Å²) in [5.41, 5.74) is 3.32. The van der Waals surface area contributed by atoms with Crippen LogP contribution in [0.15, 0.2) is 48.5 Å². The fourth-order valence-corrected chi connectivity index (χ4v) is 3.36. The molecule has 1 heterocycles. The van der Waals surface area contributed by atoms with Crippen molar-refractivity contribution >= 4 is 11.6 Å². The molecule has 0 radical (unpaired) electrons. The molecule has 1 N–H and O–H groups in total. The van der Waals surface area contributed by atoms with Gasteiger partial charge in [0.15, 0.2) is 0 Å². The number of aryl methyl sites for hydroxylation is 1. The molecule has 3 rings (SSSR count). The van der Waals surface area contributed by atoms with Crippen LogP contribution in [-0.2, 0) is 6.42 Å². The average molecular weight is 352 g/mol. The van der Waals surface area contributed by atoms with Gasteiger partial charge >= 0.3 is 0 Å². The zero-order valence-corrected chi connectivity index (χ0v) is 15.5. The van der Waals surface area contributed by atoms with Gasteiger partial charge in [0, 0.05) is 30.9 Å². The Kier molecular flexibility index (Phi) is 6.53. The first-order valence-electron chi connectivity index (χ1n) is 9.52. The topological polar surface area (TPSA) is 41.6 Å². The predicted octanol–water partition coefficient (Wildman–Crippen LogP) is 4.05. The Hall–Kier alpha value is -2.49. The van der Waals surface area contributed by atoms with Crippen LogP contribution in [0.1, 0.15) is 41.6 Å². The van der Waals surface area contributed by atoms with E-state index in [1.54, 1.807) is 31.4 Å². The molecule has 4 nitrogen and oxygen atoms in total. The Labute approximate surface area is 156 Å². The molecule has 1 aliphatic heterocycles. The van der Waals surface area contributed by atoms with Crippen molar-refractivity contribution in [2.75, 3.05) is 31.6 Å². The number of methoxy groups -OCH3 is 1. The zero-order valence-electron chi connectivity index (χ0n) is 15.5. The highest BCUT2D eigenvalue weighted by atomic mass is 16.5. The molecule has 138 valence electrons. The number of benzene rings is 2. The van der Waals surface area contributed by atoms with E-state index in [9.17, 15) is 4.79 Å². The lowest BCUT2D eigenvalue weighted by Gasteiger charge is -2.28. The fourth-order valence-electron chi connectivity index (χ4n) is 3.36.